The summed E-state index contributed by atoms with van der Waals surface area (Å²) in [6, 6.07) is 2.79. The number of aryl methyl sites for hydroxylation is 1. The minimum absolute atomic E-state index is 0.222. The summed E-state index contributed by atoms with van der Waals surface area (Å²) < 4.78 is 0. The van der Waals surface area contributed by atoms with E-state index in [0.717, 1.165) is 18.9 Å². The van der Waals surface area contributed by atoms with Crippen LogP contribution in [0.15, 0.2) is 11.4 Å². The third kappa shape index (κ3) is 4.08. The van der Waals surface area contributed by atoms with Crippen molar-refractivity contribution in [2.75, 3.05) is 13.6 Å². The van der Waals surface area contributed by atoms with E-state index in [9.17, 15) is 0 Å². The van der Waals surface area contributed by atoms with Gasteiger partial charge in [-0.1, -0.05) is 20.8 Å². The summed E-state index contributed by atoms with van der Waals surface area (Å²) in [6.45, 7) is 10.0. The smallest absolute Gasteiger partial charge is 0.0593 e. The van der Waals surface area contributed by atoms with E-state index in [2.05, 4.69) is 51.1 Å². The Labute approximate surface area is 116 Å². The molecular formula is C15H28N2S. The Kier molecular flexibility index (Phi) is 6.33. The molecule has 104 valence electrons. The minimum atomic E-state index is 0.222. The maximum absolute atomic E-state index is 6.35. The first-order valence-electron chi connectivity index (χ1n) is 6.97. The number of nitrogens with zero attached hydrogens (tertiary/aromatic N) is 1. The van der Waals surface area contributed by atoms with Gasteiger partial charge < -0.3 is 5.73 Å². The maximum Gasteiger partial charge on any atom is 0.0593 e. The van der Waals surface area contributed by atoms with E-state index in [1.165, 1.54) is 16.9 Å². The van der Waals surface area contributed by atoms with Gasteiger partial charge in [-0.2, -0.15) is 0 Å². The van der Waals surface area contributed by atoms with E-state index in [-0.39, 0.29) is 6.04 Å². The third-order valence-corrected chi connectivity index (χ3v) is 4.67. The summed E-state index contributed by atoms with van der Waals surface area (Å²) in [6.07, 6.45) is 2.25. The summed E-state index contributed by atoms with van der Waals surface area (Å²) in [5.74, 6) is 0.746. The predicted octanol–water partition coefficient (Wildman–Crippen LogP) is 3.81. The zero-order valence-electron chi connectivity index (χ0n) is 12.4. The molecule has 0 aromatic carbocycles. The number of nitrogens with two attached hydrogens (primary N) is 1. The first-order chi connectivity index (χ1) is 8.47. The van der Waals surface area contributed by atoms with Crippen LogP contribution in [0.2, 0.25) is 0 Å². The first kappa shape index (κ1) is 15.7. The minimum Gasteiger partial charge on any atom is -0.326 e. The zero-order chi connectivity index (χ0) is 13.7. The summed E-state index contributed by atoms with van der Waals surface area (Å²) in [5, 5.41) is 2.18. The molecule has 0 saturated heterocycles. The third-order valence-electron chi connectivity index (χ3n) is 3.58. The zero-order valence-corrected chi connectivity index (χ0v) is 13.3. The molecule has 1 rings (SSSR count). The largest absolute Gasteiger partial charge is 0.326 e. The molecular weight excluding hydrogens is 240 g/mol. The molecule has 2 nitrogen and oxygen atoms in total. The fourth-order valence-electron chi connectivity index (χ4n) is 2.23. The van der Waals surface area contributed by atoms with Gasteiger partial charge in [-0.15, -0.1) is 11.3 Å². The summed E-state index contributed by atoms with van der Waals surface area (Å²) in [4.78, 5) is 3.88. The molecule has 3 heteroatoms. The lowest BCUT2D eigenvalue weighted by molar-refractivity contribution is 0.202. The molecule has 0 spiro atoms. The fourth-order valence-corrected chi connectivity index (χ4v) is 3.40. The average molecular weight is 268 g/mol. The van der Waals surface area contributed by atoms with Crippen LogP contribution in [0.1, 0.15) is 50.1 Å². The van der Waals surface area contributed by atoms with Crippen LogP contribution in [0.3, 0.4) is 0 Å². The van der Waals surface area contributed by atoms with E-state index in [1.54, 1.807) is 0 Å². The molecule has 1 aromatic rings. The fraction of sp³-hybridized carbons (Fsp3) is 0.733. The standard InChI is InChI=1S/C15H28N2S/c1-6-13(16)14(15-12(4)8-10-18-15)17(5)9-7-11(2)3/h8,10-11,13-14H,6-7,9,16H2,1-5H3. The predicted molar refractivity (Wildman–Crippen MR) is 82.1 cm³/mol. The lowest BCUT2D eigenvalue weighted by Gasteiger charge is -2.32. The van der Waals surface area contributed by atoms with Crippen LogP contribution in [0.25, 0.3) is 0 Å². The molecule has 0 fully saturated rings. The van der Waals surface area contributed by atoms with Crippen LogP contribution in [-0.4, -0.2) is 24.5 Å². The number of hydrogen-bond acceptors (Lipinski definition) is 3. The van der Waals surface area contributed by atoms with Crippen molar-refractivity contribution in [3.8, 4) is 0 Å². The second-order valence-corrected chi connectivity index (χ2v) is 6.60. The van der Waals surface area contributed by atoms with Gasteiger partial charge in [-0.25, -0.2) is 0 Å². The van der Waals surface area contributed by atoms with Crippen LogP contribution in [0.5, 0.6) is 0 Å². The van der Waals surface area contributed by atoms with Gasteiger partial charge in [-0.3, -0.25) is 4.90 Å². The highest BCUT2D eigenvalue weighted by Gasteiger charge is 2.25. The second kappa shape index (κ2) is 7.27. The molecule has 0 aliphatic heterocycles. The second-order valence-electron chi connectivity index (χ2n) is 5.65. The molecule has 0 radical (unpaired) electrons. The van der Waals surface area contributed by atoms with Crippen molar-refractivity contribution in [3.05, 3.63) is 21.9 Å². The Morgan fingerprint density at radius 3 is 2.50 bits per heavy atom. The highest BCUT2D eigenvalue weighted by molar-refractivity contribution is 7.10. The van der Waals surface area contributed by atoms with Gasteiger partial charge in [-0.05, 0) is 56.3 Å². The molecule has 2 N–H and O–H groups in total. The number of likely N-dealkylation sites (N-methyl/N-ethyl adjacent to an activating group) is 1. The van der Waals surface area contributed by atoms with Gasteiger partial charge >= 0.3 is 0 Å². The lowest BCUT2D eigenvalue weighted by atomic mass is 10.00. The van der Waals surface area contributed by atoms with Crippen LogP contribution in [0.4, 0.5) is 0 Å². The molecule has 0 bridgehead atoms. The SMILES string of the molecule is CCC(N)C(c1sccc1C)N(C)CCC(C)C. The topological polar surface area (TPSA) is 29.3 Å². The molecule has 0 saturated carbocycles. The summed E-state index contributed by atoms with van der Waals surface area (Å²) in [5.41, 5.74) is 7.73. The van der Waals surface area contributed by atoms with Crippen LogP contribution in [-0.2, 0) is 0 Å². The van der Waals surface area contributed by atoms with Gasteiger partial charge in [0.25, 0.3) is 0 Å². The molecule has 1 heterocycles. The maximum atomic E-state index is 6.35. The van der Waals surface area contributed by atoms with Crippen LogP contribution >= 0.6 is 11.3 Å². The van der Waals surface area contributed by atoms with Crippen molar-refractivity contribution in [2.45, 2.75) is 52.6 Å². The Morgan fingerprint density at radius 2 is 2.06 bits per heavy atom. The van der Waals surface area contributed by atoms with E-state index in [0.29, 0.717) is 6.04 Å². The van der Waals surface area contributed by atoms with Gasteiger partial charge in [0, 0.05) is 10.9 Å². The molecule has 0 aliphatic rings. The Hall–Kier alpha value is -0.380. The molecule has 0 amide bonds. The van der Waals surface area contributed by atoms with Crippen molar-refractivity contribution in [1.29, 1.82) is 0 Å². The van der Waals surface area contributed by atoms with Gasteiger partial charge in [0.2, 0.25) is 0 Å². The Balaban J connectivity index is 2.82. The Bertz CT molecular complexity index is 346. The number of rotatable bonds is 7. The first-order valence-corrected chi connectivity index (χ1v) is 7.85. The number of thiophene rings is 1. The van der Waals surface area contributed by atoms with E-state index in [4.69, 9.17) is 5.73 Å². The van der Waals surface area contributed by atoms with Crippen molar-refractivity contribution in [2.24, 2.45) is 11.7 Å². The highest BCUT2D eigenvalue weighted by Crippen LogP contribution is 2.31. The van der Waals surface area contributed by atoms with E-state index < -0.39 is 0 Å². The number of hydrogen-bond donors (Lipinski definition) is 1. The molecule has 1 aromatic heterocycles. The molecule has 2 unspecified atom stereocenters. The van der Waals surface area contributed by atoms with Gasteiger partial charge in [0.15, 0.2) is 0 Å². The Morgan fingerprint density at radius 1 is 1.39 bits per heavy atom. The van der Waals surface area contributed by atoms with Crippen molar-refractivity contribution in [1.82, 2.24) is 4.90 Å². The van der Waals surface area contributed by atoms with Crippen LogP contribution < -0.4 is 5.73 Å². The van der Waals surface area contributed by atoms with Crippen LogP contribution in [0, 0.1) is 12.8 Å². The lowest BCUT2D eigenvalue weighted by Crippen LogP contribution is -2.39. The van der Waals surface area contributed by atoms with E-state index in [1.807, 2.05) is 11.3 Å². The quantitative estimate of drug-likeness (QED) is 0.814. The molecule has 18 heavy (non-hydrogen) atoms. The summed E-state index contributed by atoms with van der Waals surface area (Å²) >= 11 is 1.84. The molecule has 2 atom stereocenters. The average Bonchev–Trinajstić information content (AvgIpc) is 2.73. The van der Waals surface area contributed by atoms with E-state index >= 15 is 0 Å². The van der Waals surface area contributed by atoms with Crippen molar-refractivity contribution < 1.29 is 0 Å². The monoisotopic (exact) mass is 268 g/mol. The van der Waals surface area contributed by atoms with Gasteiger partial charge in [0.05, 0.1) is 6.04 Å². The van der Waals surface area contributed by atoms with Gasteiger partial charge in [0.1, 0.15) is 0 Å². The molecule has 0 aliphatic carbocycles. The summed E-state index contributed by atoms with van der Waals surface area (Å²) in [7, 11) is 2.21. The van der Waals surface area contributed by atoms with Crippen molar-refractivity contribution >= 4 is 11.3 Å². The van der Waals surface area contributed by atoms with Crippen molar-refractivity contribution in [3.63, 3.8) is 0 Å². The normalized spacial score (nSPS) is 15.3. The highest BCUT2D eigenvalue weighted by atomic mass is 32.1.